The largest absolute Gasteiger partial charge is 0.478 e. The number of nitrogens with one attached hydrogen (secondary N) is 1. The van der Waals surface area contributed by atoms with Crippen LogP contribution in [-0.2, 0) is 0 Å². The van der Waals surface area contributed by atoms with E-state index in [1.165, 1.54) is 18.2 Å². The van der Waals surface area contributed by atoms with Gasteiger partial charge in [0, 0.05) is 24.7 Å². The molecule has 1 unspecified atom stereocenters. The van der Waals surface area contributed by atoms with E-state index in [-0.39, 0.29) is 27.7 Å². The predicted molar refractivity (Wildman–Crippen MR) is 135 cm³/mol. The molecule has 4 rings (SSSR count). The molecule has 3 N–H and O–H groups in total. The molecule has 8 heteroatoms. The molecule has 1 aliphatic rings. The molecule has 0 amide bonds. The van der Waals surface area contributed by atoms with Gasteiger partial charge in [-0.15, -0.1) is 0 Å². The molecule has 1 saturated heterocycles. The van der Waals surface area contributed by atoms with Crippen LogP contribution >= 0.6 is 0 Å². The first kappa shape index (κ1) is 24.3. The number of hydrogen-bond acceptors (Lipinski definition) is 6. The lowest BCUT2D eigenvalue weighted by molar-refractivity contribution is 0.0652. The minimum absolute atomic E-state index is 0.137. The molecule has 0 saturated carbocycles. The van der Waals surface area contributed by atoms with Crippen molar-refractivity contribution in [3.63, 3.8) is 0 Å². The van der Waals surface area contributed by atoms with Crippen molar-refractivity contribution in [2.75, 3.05) is 23.3 Å². The van der Waals surface area contributed by atoms with Gasteiger partial charge in [-0.05, 0) is 55.9 Å². The van der Waals surface area contributed by atoms with Crippen LogP contribution in [0.15, 0.2) is 45.6 Å². The number of aryl methyl sites for hydroxylation is 1. The summed E-state index contributed by atoms with van der Waals surface area (Å²) in [6.07, 6.45) is 1.98. The molecule has 1 atom stereocenters. The third-order valence-corrected chi connectivity index (χ3v) is 6.76. The minimum atomic E-state index is -1.34. The molecule has 1 aliphatic heterocycles. The lowest BCUT2D eigenvalue weighted by atomic mass is 9.83. The van der Waals surface area contributed by atoms with Crippen LogP contribution in [0.2, 0.25) is 0 Å². The normalized spacial score (nSPS) is 16.2. The Kier molecular flexibility index (Phi) is 6.32. The molecule has 0 spiro atoms. The molecule has 184 valence electrons. The van der Waals surface area contributed by atoms with E-state index in [9.17, 15) is 24.6 Å². The van der Waals surface area contributed by atoms with E-state index in [0.717, 1.165) is 31.5 Å². The molecule has 2 heterocycles. The van der Waals surface area contributed by atoms with Crippen LogP contribution in [0.4, 0.5) is 11.6 Å². The fourth-order valence-electron chi connectivity index (χ4n) is 4.62. The first-order valence-corrected chi connectivity index (χ1v) is 11.7. The number of nitrogens with zero attached hydrogens (tertiary/aromatic N) is 1. The predicted octanol–water partition coefficient (Wildman–Crippen LogP) is 5.30. The van der Waals surface area contributed by atoms with E-state index in [1.54, 1.807) is 12.1 Å². The number of rotatable bonds is 6. The Labute approximate surface area is 203 Å². The third kappa shape index (κ3) is 4.87. The van der Waals surface area contributed by atoms with Gasteiger partial charge in [-0.1, -0.05) is 26.0 Å². The Balaban J connectivity index is 1.77. The first-order valence-electron chi connectivity index (χ1n) is 11.7. The number of aromatic carboxylic acids is 2. The summed E-state index contributed by atoms with van der Waals surface area (Å²) in [6, 6.07) is 9.03. The van der Waals surface area contributed by atoms with Crippen molar-refractivity contribution in [1.82, 2.24) is 0 Å². The van der Waals surface area contributed by atoms with Crippen molar-refractivity contribution in [2.24, 2.45) is 5.41 Å². The van der Waals surface area contributed by atoms with Crippen molar-refractivity contribution in [2.45, 2.75) is 46.6 Å². The third-order valence-electron chi connectivity index (χ3n) is 6.76. The Hall–Kier alpha value is -3.81. The molecular weight excluding hydrogens is 448 g/mol. The van der Waals surface area contributed by atoms with E-state index in [2.05, 4.69) is 24.1 Å². The number of piperidine rings is 1. The number of hydrogen-bond donors (Lipinski definition) is 3. The van der Waals surface area contributed by atoms with Crippen LogP contribution in [0, 0.1) is 12.3 Å². The fraction of sp³-hybridized carbons (Fsp3) is 0.370. The SMILES string of the molecule is Cc1cc(C(C)Nc2cccc(C(=O)O)c2C(=O)O)c2oc(N3CCC(C)(C)CC3)cc(=O)c2c1. The number of carboxylic acid groups (broad SMARTS) is 2. The molecule has 0 radical (unpaired) electrons. The Morgan fingerprint density at radius 2 is 1.77 bits per heavy atom. The van der Waals surface area contributed by atoms with Crippen LogP contribution in [0.25, 0.3) is 11.0 Å². The number of carboxylic acids is 2. The van der Waals surface area contributed by atoms with Gasteiger partial charge in [0.15, 0.2) is 11.3 Å². The van der Waals surface area contributed by atoms with Crippen LogP contribution in [0.1, 0.15) is 71.5 Å². The highest BCUT2D eigenvalue weighted by Gasteiger charge is 2.28. The van der Waals surface area contributed by atoms with Gasteiger partial charge in [-0.25, -0.2) is 9.59 Å². The average molecular weight is 479 g/mol. The highest BCUT2D eigenvalue weighted by Crippen LogP contribution is 2.35. The Morgan fingerprint density at radius 3 is 2.40 bits per heavy atom. The highest BCUT2D eigenvalue weighted by molar-refractivity contribution is 6.05. The van der Waals surface area contributed by atoms with Gasteiger partial charge < -0.3 is 24.8 Å². The average Bonchev–Trinajstić information content (AvgIpc) is 2.78. The summed E-state index contributed by atoms with van der Waals surface area (Å²) in [4.78, 5) is 38.6. The van der Waals surface area contributed by atoms with Gasteiger partial charge in [0.2, 0.25) is 0 Å². The zero-order valence-corrected chi connectivity index (χ0v) is 20.3. The Bertz CT molecular complexity index is 1360. The van der Waals surface area contributed by atoms with Gasteiger partial charge in [0.05, 0.1) is 28.2 Å². The van der Waals surface area contributed by atoms with Gasteiger partial charge in [0.25, 0.3) is 0 Å². The molecule has 1 aromatic heterocycles. The molecule has 0 aliphatic carbocycles. The van der Waals surface area contributed by atoms with Crippen molar-refractivity contribution in [3.05, 3.63) is 68.9 Å². The molecule has 8 nitrogen and oxygen atoms in total. The van der Waals surface area contributed by atoms with Gasteiger partial charge in [-0.3, -0.25) is 4.79 Å². The van der Waals surface area contributed by atoms with Crippen molar-refractivity contribution in [3.8, 4) is 0 Å². The van der Waals surface area contributed by atoms with E-state index in [1.807, 2.05) is 19.9 Å². The number of fused-ring (bicyclic) bond motifs is 1. The molecule has 0 bridgehead atoms. The van der Waals surface area contributed by atoms with Crippen molar-refractivity contribution >= 4 is 34.5 Å². The summed E-state index contributed by atoms with van der Waals surface area (Å²) < 4.78 is 6.31. The van der Waals surface area contributed by atoms with Crippen LogP contribution < -0.4 is 15.6 Å². The van der Waals surface area contributed by atoms with Gasteiger partial charge in [0.1, 0.15) is 5.58 Å². The van der Waals surface area contributed by atoms with E-state index >= 15 is 0 Å². The van der Waals surface area contributed by atoms with E-state index in [4.69, 9.17) is 4.42 Å². The summed E-state index contributed by atoms with van der Waals surface area (Å²) in [5, 5.41) is 22.7. The number of benzene rings is 2. The quantitative estimate of drug-likeness (QED) is 0.437. The second-order valence-corrected chi connectivity index (χ2v) is 10.0. The zero-order valence-electron chi connectivity index (χ0n) is 20.3. The molecule has 1 fully saturated rings. The summed E-state index contributed by atoms with van der Waals surface area (Å²) in [5.41, 5.74) is 1.66. The van der Waals surface area contributed by atoms with Crippen molar-refractivity contribution < 1.29 is 24.2 Å². The minimum Gasteiger partial charge on any atom is -0.478 e. The van der Waals surface area contributed by atoms with Crippen molar-refractivity contribution in [1.29, 1.82) is 0 Å². The lowest BCUT2D eigenvalue weighted by Gasteiger charge is -2.37. The number of anilines is 2. The molecule has 2 aromatic carbocycles. The highest BCUT2D eigenvalue weighted by atomic mass is 16.4. The topological polar surface area (TPSA) is 120 Å². The monoisotopic (exact) mass is 478 g/mol. The summed E-state index contributed by atoms with van der Waals surface area (Å²) in [5.74, 6) is -2.14. The Morgan fingerprint density at radius 1 is 1.09 bits per heavy atom. The molecular formula is C27H30N2O6. The maximum absolute atomic E-state index is 13.1. The van der Waals surface area contributed by atoms with E-state index in [0.29, 0.717) is 22.4 Å². The molecule has 3 aromatic rings. The first-order chi connectivity index (χ1) is 16.5. The molecule has 35 heavy (non-hydrogen) atoms. The maximum atomic E-state index is 13.1. The standard InChI is InChI=1S/C27H30N2O6/c1-15-12-18(16(2)28-20-7-5-6-17(25(31)32)23(20)26(33)34)24-19(13-15)21(30)14-22(35-24)29-10-8-27(3,4)9-11-29/h5-7,12-14,16,28H,8-11H2,1-4H3,(H,31,32)(H,33,34). The summed E-state index contributed by atoms with van der Waals surface area (Å²) in [7, 11) is 0. The smallest absolute Gasteiger partial charge is 0.338 e. The lowest BCUT2D eigenvalue weighted by Crippen LogP contribution is -2.37. The zero-order chi connectivity index (χ0) is 25.5. The van der Waals surface area contributed by atoms with Gasteiger partial charge in [-0.2, -0.15) is 0 Å². The second-order valence-electron chi connectivity index (χ2n) is 10.0. The second kappa shape index (κ2) is 9.09. The van der Waals surface area contributed by atoms with E-state index < -0.39 is 18.0 Å². The fourth-order valence-corrected chi connectivity index (χ4v) is 4.62. The van der Waals surface area contributed by atoms with Gasteiger partial charge >= 0.3 is 11.9 Å². The number of carbonyl (C=O) groups is 2. The van der Waals surface area contributed by atoms with Crippen LogP contribution in [0.3, 0.4) is 0 Å². The van der Waals surface area contributed by atoms with Crippen LogP contribution in [0.5, 0.6) is 0 Å². The summed E-state index contributed by atoms with van der Waals surface area (Å²) >= 11 is 0. The van der Waals surface area contributed by atoms with Crippen LogP contribution in [-0.4, -0.2) is 35.2 Å². The maximum Gasteiger partial charge on any atom is 0.338 e. The summed E-state index contributed by atoms with van der Waals surface area (Å²) in [6.45, 7) is 9.76.